The van der Waals surface area contributed by atoms with Crippen LogP contribution in [0.2, 0.25) is 0 Å². The maximum atomic E-state index is 6.55. The molecular formula is C40H24N4O2. The smallest absolute Gasteiger partial charge is 0.227 e. The molecule has 3 heterocycles. The number of aromatic nitrogens is 4. The standard InChI is InChI=1S/C40H24N4O2/c1-4-12-25(13-5-1)28-18-10-19-29(22-28)38-42-37(26-14-6-2-7-15-26)43-39(44-38)31-21-11-20-30-32-23-35-33(24-34(32)45-36(30)31)41-40(46-35)27-16-8-3-9-17-27/h1-24H. The first kappa shape index (κ1) is 26.0. The van der Waals surface area contributed by atoms with E-state index in [1.807, 2.05) is 115 Å². The summed E-state index contributed by atoms with van der Waals surface area (Å²) in [6.45, 7) is 0. The van der Waals surface area contributed by atoms with Crippen LogP contribution >= 0.6 is 0 Å². The molecule has 0 unspecified atom stereocenters. The van der Waals surface area contributed by atoms with Crippen LogP contribution in [0, 0.1) is 0 Å². The molecule has 0 saturated heterocycles. The molecule has 0 fully saturated rings. The molecular weight excluding hydrogens is 568 g/mol. The molecule has 0 amide bonds. The molecule has 216 valence electrons. The minimum absolute atomic E-state index is 0.534. The second kappa shape index (κ2) is 10.6. The van der Waals surface area contributed by atoms with Gasteiger partial charge in [-0.15, -0.1) is 0 Å². The summed E-state index contributed by atoms with van der Waals surface area (Å²) in [7, 11) is 0. The zero-order valence-corrected chi connectivity index (χ0v) is 24.5. The fraction of sp³-hybridized carbons (Fsp3) is 0. The maximum absolute atomic E-state index is 6.55. The Hall–Kier alpha value is -6.40. The molecule has 0 spiro atoms. The van der Waals surface area contributed by atoms with Crippen molar-refractivity contribution in [2.45, 2.75) is 0 Å². The van der Waals surface area contributed by atoms with Crippen molar-refractivity contribution in [3.05, 3.63) is 146 Å². The predicted molar refractivity (Wildman–Crippen MR) is 182 cm³/mol. The van der Waals surface area contributed by atoms with Crippen LogP contribution in [-0.2, 0) is 0 Å². The lowest BCUT2D eigenvalue weighted by molar-refractivity contribution is 0.620. The average Bonchev–Trinajstić information content (AvgIpc) is 3.72. The third-order valence-corrected chi connectivity index (χ3v) is 8.16. The minimum atomic E-state index is 0.534. The van der Waals surface area contributed by atoms with Crippen molar-refractivity contribution in [3.8, 4) is 56.7 Å². The van der Waals surface area contributed by atoms with E-state index in [-0.39, 0.29) is 0 Å². The largest absolute Gasteiger partial charge is 0.455 e. The molecule has 3 aromatic heterocycles. The highest BCUT2D eigenvalue weighted by Gasteiger charge is 2.19. The monoisotopic (exact) mass is 592 g/mol. The normalized spacial score (nSPS) is 11.5. The highest BCUT2D eigenvalue weighted by molar-refractivity contribution is 6.12. The molecule has 0 aliphatic rings. The van der Waals surface area contributed by atoms with Gasteiger partial charge in [0, 0.05) is 33.5 Å². The molecule has 0 radical (unpaired) electrons. The SMILES string of the molecule is c1ccc(-c2cccc(-c3nc(-c4ccccc4)nc(-c4cccc5c4oc4cc6nc(-c7ccccc7)oc6cc45)n3)c2)cc1. The summed E-state index contributed by atoms with van der Waals surface area (Å²) < 4.78 is 12.7. The predicted octanol–water partition coefficient (Wildman–Crippen LogP) is 10.2. The molecule has 6 heteroatoms. The Bertz CT molecular complexity index is 2520. The van der Waals surface area contributed by atoms with Gasteiger partial charge in [0.1, 0.15) is 16.7 Å². The number of rotatable bonds is 5. The van der Waals surface area contributed by atoms with Gasteiger partial charge >= 0.3 is 0 Å². The van der Waals surface area contributed by atoms with Gasteiger partial charge in [-0.05, 0) is 41.5 Å². The van der Waals surface area contributed by atoms with Crippen molar-refractivity contribution in [2.75, 3.05) is 0 Å². The van der Waals surface area contributed by atoms with E-state index < -0.39 is 0 Å². The Morgan fingerprint density at radius 1 is 0.370 bits per heavy atom. The van der Waals surface area contributed by atoms with E-state index in [0.29, 0.717) is 34.5 Å². The van der Waals surface area contributed by atoms with Gasteiger partial charge in [0.05, 0.1) is 5.56 Å². The minimum Gasteiger partial charge on any atom is -0.455 e. The number of nitrogens with zero attached hydrogens (tertiary/aromatic N) is 4. The van der Waals surface area contributed by atoms with E-state index in [1.54, 1.807) is 0 Å². The number of hydrogen-bond acceptors (Lipinski definition) is 6. The third kappa shape index (κ3) is 4.52. The number of hydrogen-bond donors (Lipinski definition) is 0. The Balaban J connectivity index is 1.21. The number of fused-ring (bicyclic) bond motifs is 4. The van der Waals surface area contributed by atoms with Crippen LogP contribution in [-0.4, -0.2) is 19.9 Å². The molecule has 6 nitrogen and oxygen atoms in total. The molecule has 0 aliphatic carbocycles. The summed E-state index contributed by atoms with van der Waals surface area (Å²) in [5, 5.41) is 1.88. The molecule has 0 atom stereocenters. The van der Waals surface area contributed by atoms with E-state index in [9.17, 15) is 0 Å². The summed E-state index contributed by atoms with van der Waals surface area (Å²) >= 11 is 0. The van der Waals surface area contributed by atoms with Crippen molar-refractivity contribution in [1.82, 2.24) is 19.9 Å². The number of para-hydroxylation sites is 1. The molecule has 9 rings (SSSR count). The number of benzene rings is 6. The Labute approximate surface area is 263 Å². The van der Waals surface area contributed by atoms with Gasteiger partial charge in [0.15, 0.2) is 23.1 Å². The Kier molecular flexibility index (Phi) is 6.03. The summed E-state index contributed by atoms with van der Waals surface area (Å²) in [6, 6.07) is 48.5. The molecule has 0 aliphatic heterocycles. The Morgan fingerprint density at radius 2 is 0.978 bits per heavy atom. The summed E-state index contributed by atoms with van der Waals surface area (Å²) in [5.41, 5.74) is 8.59. The first-order valence-electron chi connectivity index (χ1n) is 15.1. The molecule has 0 bridgehead atoms. The van der Waals surface area contributed by atoms with Gasteiger partial charge in [0.25, 0.3) is 0 Å². The highest BCUT2D eigenvalue weighted by Crippen LogP contribution is 2.38. The van der Waals surface area contributed by atoms with Crippen LogP contribution in [0.15, 0.2) is 154 Å². The van der Waals surface area contributed by atoms with Gasteiger partial charge in [-0.3, -0.25) is 0 Å². The van der Waals surface area contributed by atoms with Gasteiger partial charge in [0.2, 0.25) is 5.89 Å². The van der Waals surface area contributed by atoms with Gasteiger partial charge in [-0.1, -0.05) is 109 Å². The van der Waals surface area contributed by atoms with Crippen molar-refractivity contribution in [2.24, 2.45) is 0 Å². The second-order valence-electron chi connectivity index (χ2n) is 11.1. The lowest BCUT2D eigenvalue weighted by Gasteiger charge is -2.10. The topological polar surface area (TPSA) is 77.8 Å². The summed E-state index contributed by atoms with van der Waals surface area (Å²) in [6.07, 6.45) is 0. The zero-order chi connectivity index (χ0) is 30.5. The lowest BCUT2D eigenvalue weighted by atomic mass is 10.0. The molecule has 0 saturated carbocycles. The highest BCUT2D eigenvalue weighted by atomic mass is 16.4. The lowest BCUT2D eigenvalue weighted by Crippen LogP contribution is -2.00. The van der Waals surface area contributed by atoms with Crippen LogP contribution in [0.3, 0.4) is 0 Å². The molecule has 9 aromatic rings. The van der Waals surface area contributed by atoms with Gasteiger partial charge < -0.3 is 8.83 Å². The zero-order valence-electron chi connectivity index (χ0n) is 24.5. The van der Waals surface area contributed by atoms with Crippen LogP contribution in [0.4, 0.5) is 0 Å². The van der Waals surface area contributed by atoms with E-state index in [2.05, 4.69) is 30.3 Å². The van der Waals surface area contributed by atoms with Crippen molar-refractivity contribution < 1.29 is 8.83 Å². The second-order valence-corrected chi connectivity index (χ2v) is 11.1. The van der Waals surface area contributed by atoms with Gasteiger partial charge in [-0.25, -0.2) is 19.9 Å². The van der Waals surface area contributed by atoms with Crippen LogP contribution in [0.25, 0.3) is 89.8 Å². The van der Waals surface area contributed by atoms with Gasteiger partial charge in [-0.2, -0.15) is 0 Å². The quantitative estimate of drug-likeness (QED) is 0.198. The van der Waals surface area contributed by atoms with Crippen molar-refractivity contribution in [3.63, 3.8) is 0 Å². The molecule has 6 aromatic carbocycles. The Morgan fingerprint density at radius 3 is 1.74 bits per heavy atom. The average molecular weight is 593 g/mol. The van der Waals surface area contributed by atoms with E-state index in [4.69, 9.17) is 28.8 Å². The fourth-order valence-electron chi connectivity index (χ4n) is 5.91. The number of furan rings is 1. The maximum Gasteiger partial charge on any atom is 0.227 e. The fourth-order valence-corrected chi connectivity index (χ4v) is 5.91. The van der Waals surface area contributed by atoms with Crippen molar-refractivity contribution >= 4 is 33.0 Å². The first-order valence-corrected chi connectivity index (χ1v) is 15.1. The van der Waals surface area contributed by atoms with Crippen LogP contribution in [0.5, 0.6) is 0 Å². The van der Waals surface area contributed by atoms with Crippen LogP contribution in [0.1, 0.15) is 0 Å². The molecule has 0 N–H and O–H groups in total. The van der Waals surface area contributed by atoms with E-state index in [0.717, 1.165) is 55.3 Å². The van der Waals surface area contributed by atoms with Crippen LogP contribution < -0.4 is 0 Å². The van der Waals surface area contributed by atoms with E-state index in [1.165, 1.54) is 0 Å². The molecule has 46 heavy (non-hydrogen) atoms. The van der Waals surface area contributed by atoms with Crippen molar-refractivity contribution in [1.29, 1.82) is 0 Å². The summed E-state index contributed by atoms with van der Waals surface area (Å²) in [4.78, 5) is 19.7. The third-order valence-electron chi connectivity index (χ3n) is 8.16. The number of oxazole rings is 1. The van der Waals surface area contributed by atoms with E-state index >= 15 is 0 Å². The first-order chi connectivity index (χ1) is 22.8. The summed E-state index contributed by atoms with van der Waals surface area (Å²) in [5.74, 6) is 2.29.